The lowest BCUT2D eigenvalue weighted by molar-refractivity contribution is -0.140. The van der Waals surface area contributed by atoms with Gasteiger partial charge in [-0.15, -0.1) is 0 Å². The molecule has 5 nitrogen and oxygen atoms in total. The second kappa shape index (κ2) is 4.18. The highest BCUT2D eigenvalue weighted by Gasteiger charge is 2.36. The monoisotopic (exact) mass is 212 g/mol. The molecule has 0 radical (unpaired) electrons. The van der Waals surface area contributed by atoms with Gasteiger partial charge in [0.1, 0.15) is 6.04 Å². The zero-order valence-electron chi connectivity index (χ0n) is 8.61. The van der Waals surface area contributed by atoms with Gasteiger partial charge in [0.25, 0.3) is 0 Å². The fraction of sp³-hybridized carbons (Fsp3) is 0.800. The van der Waals surface area contributed by atoms with Gasteiger partial charge < -0.3 is 10.0 Å². The number of carbonyl (C=O) groups is 2. The van der Waals surface area contributed by atoms with Crippen molar-refractivity contribution in [2.45, 2.75) is 25.3 Å². The summed E-state index contributed by atoms with van der Waals surface area (Å²) >= 11 is 0. The van der Waals surface area contributed by atoms with E-state index in [0.717, 1.165) is 32.4 Å². The number of nitrogens with zero attached hydrogens (tertiary/aromatic N) is 1. The Balaban J connectivity index is 1.74. The van der Waals surface area contributed by atoms with E-state index in [0.29, 0.717) is 0 Å². The van der Waals surface area contributed by atoms with Crippen LogP contribution in [0.4, 0.5) is 0 Å². The van der Waals surface area contributed by atoms with Crippen LogP contribution in [0.1, 0.15) is 19.3 Å². The Morgan fingerprint density at radius 3 is 2.47 bits per heavy atom. The minimum Gasteiger partial charge on any atom is -0.480 e. The Bertz CT molecular complexity index is 272. The van der Waals surface area contributed by atoms with E-state index in [-0.39, 0.29) is 18.4 Å². The van der Waals surface area contributed by atoms with Crippen LogP contribution < -0.4 is 5.32 Å². The second-order valence-corrected chi connectivity index (χ2v) is 4.27. The maximum absolute atomic E-state index is 11.5. The van der Waals surface area contributed by atoms with Crippen LogP contribution in [0.25, 0.3) is 0 Å². The van der Waals surface area contributed by atoms with Gasteiger partial charge in [-0.2, -0.15) is 0 Å². The summed E-state index contributed by atoms with van der Waals surface area (Å²) in [4.78, 5) is 24.1. The third-order valence-electron chi connectivity index (χ3n) is 3.04. The lowest BCUT2D eigenvalue weighted by Crippen LogP contribution is -2.49. The molecule has 0 aromatic carbocycles. The lowest BCUT2D eigenvalue weighted by Gasteiger charge is -2.31. The normalized spacial score (nSPS) is 22.0. The zero-order valence-corrected chi connectivity index (χ0v) is 8.61. The van der Waals surface area contributed by atoms with Crippen molar-refractivity contribution in [1.29, 1.82) is 0 Å². The molecule has 5 heteroatoms. The van der Waals surface area contributed by atoms with Crippen molar-refractivity contribution in [3.63, 3.8) is 0 Å². The summed E-state index contributed by atoms with van der Waals surface area (Å²) in [7, 11) is 0. The number of aliphatic carboxylic acids is 1. The van der Waals surface area contributed by atoms with Crippen LogP contribution in [0.3, 0.4) is 0 Å². The zero-order chi connectivity index (χ0) is 10.8. The number of amides is 1. The molecular formula is C10H16N2O3. The Kier molecular flexibility index (Phi) is 2.90. The van der Waals surface area contributed by atoms with E-state index in [1.54, 1.807) is 4.90 Å². The number of carboxylic acid groups (broad SMARTS) is 1. The number of carbonyl (C=O) groups excluding carboxylic acids is 1. The molecule has 84 valence electrons. The summed E-state index contributed by atoms with van der Waals surface area (Å²) in [6.45, 7) is 1.80. The average Bonchev–Trinajstić information content (AvgIpc) is 2.84. The molecule has 1 amide bonds. The summed E-state index contributed by atoms with van der Waals surface area (Å²) in [6.07, 6.45) is 2.99. The molecule has 0 bridgehead atoms. The number of nitrogens with one attached hydrogen (secondary N) is 1. The Hall–Kier alpha value is -1.10. The molecule has 2 aliphatic rings. The van der Waals surface area contributed by atoms with Crippen molar-refractivity contribution in [3.8, 4) is 0 Å². The van der Waals surface area contributed by atoms with Crippen molar-refractivity contribution in [2.75, 3.05) is 19.6 Å². The van der Waals surface area contributed by atoms with Gasteiger partial charge in [-0.1, -0.05) is 0 Å². The summed E-state index contributed by atoms with van der Waals surface area (Å²) in [5.74, 6) is -0.589. The van der Waals surface area contributed by atoms with Crippen LogP contribution in [-0.4, -0.2) is 47.6 Å². The maximum atomic E-state index is 11.5. The first-order chi connectivity index (χ1) is 7.18. The standard InChI is InChI=1S/C10H16N2O3/c13-8(12-4-1-5-12)6-11-9(10(14)15)7-2-3-7/h7,9,11H,1-6H2,(H,14,15). The average molecular weight is 212 g/mol. The highest BCUT2D eigenvalue weighted by Crippen LogP contribution is 2.32. The number of rotatable bonds is 5. The molecule has 0 aromatic heterocycles. The molecule has 1 atom stereocenters. The van der Waals surface area contributed by atoms with Gasteiger partial charge in [0.05, 0.1) is 6.54 Å². The number of likely N-dealkylation sites (tertiary alicyclic amines) is 1. The molecule has 2 fully saturated rings. The molecule has 2 N–H and O–H groups in total. The summed E-state index contributed by atoms with van der Waals surface area (Å²) in [6, 6.07) is -0.532. The van der Waals surface area contributed by atoms with Crippen LogP contribution in [0.15, 0.2) is 0 Å². The largest absolute Gasteiger partial charge is 0.480 e. The topological polar surface area (TPSA) is 69.6 Å². The predicted octanol–water partition coefficient (Wildman–Crippen LogP) is -0.329. The van der Waals surface area contributed by atoms with Crippen LogP contribution >= 0.6 is 0 Å². The van der Waals surface area contributed by atoms with Gasteiger partial charge in [0.15, 0.2) is 0 Å². The molecule has 1 aliphatic heterocycles. The Labute approximate surface area is 88.4 Å². The first-order valence-electron chi connectivity index (χ1n) is 5.42. The third kappa shape index (κ3) is 2.47. The SMILES string of the molecule is O=C(O)C(NCC(=O)N1CCC1)C1CC1. The molecule has 0 aromatic rings. The van der Waals surface area contributed by atoms with E-state index in [1.807, 2.05) is 0 Å². The lowest BCUT2D eigenvalue weighted by atomic mass is 10.2. The molecule has 1 saturated heterocycles. The molecule has 1 aliphatic carbocycles. The summed E-state index contributed by atoms with van der Waals surface area (Å²) in [5, 5.41) is 11.8. The minimum absolute atomic E-state index is 0.0214. The van der Waals surface area contributed by atoms with Crippen LogP contribution in [0.5, 0.6) is 0 Å². The molecule has 1 unspecified atom stereocenters. The van der Waals surface area contributed by atoms with Crippen molar-refractivity contribution in [1.82, 2.24) is 10.2 Å². The summed E-state index contributed by atoms with van der Waals surface area (Å²) in [5.41, 5.74) is 0. The second-order valence-electron chi connectivity index (χ2n) is 4.27. The van der Waals surface area contributed by atoms with E-state index in [9.17, 15) is 9.59 Å². The van der Waals surface area contributed by atoms with E-state index in [4.69, 9.17) is 5.11 Å². The van der Waals surface area contributed by atoms with Gasteiger partial charge in [-0.05, 0) is 25.2 Å². The van der Waals surface area contributed by atoms with E-state index < -0.39 is 12.0 Å². The summed E-state index contributed by atoms with van der Waals surface area (Å²) < 4.78 is 0. The van der Waals surface area contributed by atoms with Gasteiger partial charge in [-0.3, -0.25) is 14.9 Å². The van der Waals surface area contributed by atoms with Crippen molar-refractivity contribution in [3.05, 3.63) is 0 Å². The van der Waals surface area contributed by atoms with Crippen LogP contribution in [-0.2, 0) is 9.59 Å². The van der Waals surface area contributed by atoms with Crippen molar-refractivity contribution < 1.29 is 14.7 Å². The van der Waals surface area contributed by atoms with Crippen molar-refractivity contribution >= 4 is 11.9 Å². The van der Waals surface area contributed by atoms with Gasteiger partial charge in [-0.25, -0.2) is 0 Å². The predicted molar refractivity (Wildman–Crippen MR) is 53.3 cm³/mol. The Morgan fingerprint density at radius 1 is 1.40 bits per heavy atom. The van der Waals surface area contributed by atoms with E-state index >= 15 is 0 Å². The molecule has 2 rings (SSSR count). The fourth-order valence-electron chi connectivity index (χ4n) is 1.76. The van der Waals surface area contributed by atoms with E-state index in [1.165, 1.54) is 0 Å². The smallest absolute Gasteiger partial charge is 0.320 e. The quantitative estimate of drug-likeness (QED) is 0.655. The van der Waals surface area contributed by atoms with Gasteiger partial charge in [0.2, 0.25) is 5.91 Å². The highest BCUT2D eigenvalue weighted by atomic mass is 16.4. The fourth-order valence-corrected chi connectivity index (χ4v) is 1.76. The molecule has 0 spiro atoms. The molecular weight excluding hydrogens is 196 g/mol. The number of hydrogen-bond donors (Lipinski definition) is 2. The number of hydrogen-bond acceptors (Lipinski definition) is 3. The number of carboxylic acids is 1. The maximum Gasteiger partial charge on any atom is 0.320 e. The van der Waals surface area contributed by atoms with E-state index in [2.05, 4.69) is 5.32 Å². The first-order valence-corrected chi connectivity index (χ1v) is 5.42. The van der Waals surface area contributed by atoms with Crippen LogP contribution in [0.2, 0.25) is 0 Å². The van der Waals surface area contributed by atoms with Crippen LogP contribution in [0, 0.1) is 5.92 Å². The first kappa shape index (κ1) is 10.4. The van der Waals surface area contributed by atoms with Crippen molar-refractivity contribution in [2.24, 2.45) is 5.92 Å². The van der Waals surface area contributed by atoms with Gasteiger partial charge >= 0.3 is 5.97 Å². The Morgan fingerprint density at radius 2 is 2.07 bits per heavy atom. The minimum atomic E-state index is -0.839. The highest BCUT2D eigenvalue weighted by molar-refractivity contribution is 5.80. The van der Waals surface area contributed by atoms with Gasteiger partial charge in [0, 0.05) is 13.1 Å². The third-order valence-corrected chi connectivity index (χ3v) is 3.04. The molecule has 1 heterocycles. The molecule has 1 saturated carbocycles. The molecule has 15 heavy (non-hydrogen) atoms.